The molecule has 1 amide bonds. The fourth-order valence-electron chi connectivity index (χ4n) is 3.31. The Kier molecular flexibility index (Phi) is 6.26. The van der Waals surface area contributed by atoms with Gasteiger partial charge in [-0.3, -0.25) is 4.79 Å². The maximum atomic E-state index is 13.0. The summed E-state index contributed by atoms with van der Waals surface area (Å²) in [6.45, 7) is 0.527. The third kappa shape index (κ3) is 4.76. The lowest BCUT2D eigenvalue weighted by atomic mass is 9.88. The lowest BCUT2D eigenvalue weighted by molar-refractivity contribution is -0.130. The Bertz CT molecular complexity index is 822. The molecule has 0 aliphatic carbocycles. The van der Waals surface area contributed by atoms with Crippen LogP contribution in [0, 0.1) is 0 Å². The predicted octanol–water partition coefficient (Wildman–Crippen LogP) is 4.88. The molecule has 0 atom stereocenters. The van der Waals surface area contributed by atoms with Crippen LogP contribution in [-0.2, 0) is 11.3 Å². The highest BCUT2D eigenvalue weighted by atomic mass is 16.5. The number of ether oxygens (including phenoxy) is 1. The molecule has 0 spiro atoms. The molecule has 3 aromatic rings. The molecule has 0 bridgehead atoms. The van der Waals surface area contributed by atoms with E-state index in [1.54, 1.807) is 12.0 Å². The summed E-state index contributed by atoms with van der Waals surface area (Å²) >= 11 is 0. The summed E-state index contributed by atoms with van der Waals surface area (Å²) in [6.07, 6.45) is 0.430. The second kappa shape index (κ2) is 9.04. The number of carbonyl (C=O) groups is 1. The van der Waals surface area contributed by atoms with Gasteiger partial charge in [0, 0.05) is 31.5 Å². The van der Waals surface area contributed by atoms with Crippen LogP contribution in [0.3, 0.4) is 0 Å². The molecule has 27 heavy (non-hydrogen) atoms. The average molecular weight is 359 g/mol. The Labute approximate surface area is 161 Å². The molecule has 0 saturated carbocycles. The monoisotopic (exact) mass is 359 g/mol. The number of amides is 1. The van der Waals surface area contributed by atoms with Crippen LogP contribution < -0.4 is 4.74 Å². The second-order valence-electron chi connectivity index (χ2n) is 6.64. The molecular formula is C24H25NO2. The van der Waals surface area contributed by atoms with E-state index in [1.165, 1.54) is 0 Å². The Morgan fingerprint density at radius 3 is 1.93 bits per heavy atom. The summed E-state index contributed by atoms with van der Waals surface area (Å²) in [6, 6.07) is 28.3. The van der Waals surface area contributed by atoms with Gasteiger partial charge in [-0.25, -0.2) is 0 Å². The van der Waals surface area contributed by atoms with Crippen LogP contribution in [0.1, 0.15) is 29.0 Å². The first-order valence-electron chi connectivity index (χ1n) is 9.14. The number of carbonyl (C=O) groups excluding carboxylic acids is 1. The van der Waals surface area contributed by atoms with Crippen molar-refractivity contribution in [3.63, 3.8) is 0 Å². The first kappa shape index (κ1) is 18.7. The smallest absolute Gasteiger partial charge is 0.223 e. The van der Waals surface area contributed by atoms with Crippen molar-refractivity contribution < 1.29 is 9.53 Å². The Morgan fingerprint density at radius 1 is 0.852 bits per heavy atom. The maximum Gasteiger partial charge on any atom is 0.223 e. The lowest BCUT2D eigenvalue weighted by Gasteiger charge is -2.23. The number of nitrogens with zero attached hydrogens (tertiary/aromatic N) is 1. The van der Waals surface area contributed by atoms with E-state index in [4.69, 9.17) is 4.74 Å². The lowest BCUT2D eigenvalue weighted by Crippen LogP contribution is -2.28. The minimum atomic E-state index is 0.0417. The van der Waals surface area contributed by atoms with E-state index in [0.29, 0.717) is 13.0 Å². The van der Waals surface area contributed by atoms with Crippen LogP contribution in [-0.4, -0.2) is 25.0 Å². The second-order valence-corrected chi connectivity index (χ2v) is 6.64. The molecule has 0 N–H and O–H groups in total. The van der Waals surface area contributed by atoms with Gasteiger partial charge in [0.2, 0.25) is 5.91 Å². The van der Waals surface area contributed by atoms with E-state index in [2.05, 4.69) is 24.3 Å². The Hall–Kier alpha value is -3.07. The molecular weight excluding hydrogens is 334 g/mol. The van der Waals surface area contributed by atoms with E-state index < -0.39 is 0 Å². The quantitative estimate of drug-likeness (QED) is 0.602. The summed E-state index contributed by atoms with van der Waals surface area (Å²) < 4.78 is 5.41. The molecule has 0 aliphatic rings. The third-order valence-electron chi connectivity index (χ3n) is 4.81. The van der Waals surface area contributed by atoms with Gasteiger partial charge >= 0.3 is 0 Å². The standard InChI is InChI=1S/C24H25NO2/c1-25(18-21-15-9-10-16-23(21)27-2)24(26)17-22(19-11-5-3-6-12-19)20-13-7-4-8-14-20/h3-16,22H,17-18H2,1-2H3. The van der Waals surface area contributed by atoms with Crippen molar-refractivity contribution in [1.82, 2.24) is 4.90 Å². The van der Waals surface area contributed by atoms with Gasteiger partial charge in [-0.05, 0) is 17.2 Å². The molecule has 0 unspecified atom stereocenters. The summed E-state index contributed by atoms with van der Waals surface area (Å²) in [5.74, 6) is 0.957. The molecule has 3 aromatic carbocycles. The van der Waals surface area contributed by atoms with Crippen molar-refractivity contribution >= 4 is 5.91 Å². The highest BCUT2D eigenvalue weighted by molar-refractivity contribution is 5.77. The van der Waals surface area contributed by atoms with Crippen molar-refractivity contribution in [1.29, 1.82) is 0 Å². The van der Waals surface area contributed by atoms with Gasteiger partial charge in [0.25, 0.3) is 0 Å². The zero-order valence-corrected chi connectivity index (χ0v) is 15.8. The van der Waals surface area contributed by atoms with Gasteiger partial charge in [-0.1, -0.05) is 78.9 Å². The minimum Gasteiger partial charge on any atom is -0.496 e. The number of methoxy groups -OCH3 is 1. The minimum absolute atomic E-state index is 0.0417. The topological polar surface area (TPSA) is 29.5 Å². The van der Waals surface area contributed by atoms with Crippen LogP contribution in [0.2, 0.25) is 0 Å². The maximum absolute atomic E-state index is 13.0. The van der Waals surface area contributed by atoms with Gasteiger partial charge in [0.1, 0.15) is 5.75 Å². The number of hydrogen-bond acceptors (Lipinski definition) is 2. The van der Waals surface area contributed by atoms with Crippen LogP contribution >= 0.6 is 0 Å². The van der Waals surface area contributed by atoms with Gasteiger partial charge in [-0.15, -0.1) is 0 Å². The Morgan fingerprint density at radius 2 is 1.37 bits per heavy atom. The van der Waals surface area contributed by atoms with E-state index in [-0.39, 0.29) is 11.8 Å². The van der Waals surface area contributed by atoms with E-state index >= 15 is 0 Å². The molecule has 0 fully saturated rings. The van der Waals surface area contributed by atoms with Crippen LogP contribution in [0.4, 0.5) is 0 Å². The number of rotatable bonds is 7. The summed E-state index contributed by atoms with van der Waals surface area (Å²) in [4.78, 5) is 14.8. The van der Waals surface area contributed by atoms with Gasteiger partial charge in [-0.2, -0.15) is 0 Å². The van der Waals surface area contributed by atoms with Gasteiger partial charge in [0.05, 0.1) is 7.11 Å². The van der Waals surface area contributed by atoms with Crippen molar-refractivity contribution in [2.75, 3.05) is 14.2 Å². The van der Waals surface area contributed by atoms with E-state index in [1.807, 2.05) is 67.7 Å². The van der Waals surface area contributed by atoms with E-state index in [9.17, 15) is 4.79 Å². The molecule has 0 radical (unpaired) electrons. The van der Waals surface area contributed by atoms with Crippen LogP contribution in [0.15, 0.2) is 84.9 Å². The van der Waals surface area contributed by atoms with E-state index in [0.717, 1.165) is 22.4 Å². The molecule has 3 nitrogen and oxygen atoms in total. The first-order chi connectivity index (χ1) is 13.2. The summed E-state index contributed by atoms with van der Waals surface area (Å²) in [5.41, 5.74) is 3.32. The van der Waals surface area contributed by atoms with Gasteiger partial charge in [0.15, 0.2) is 0 Å². The molecule has 0 aromatic heterocycles. The van der Waals surface area contributed by atoms with Crippen molar-refractivity contribution in [3.8, 4) is 5.75 Å². The highest BCUT2D eigenvalue weighted by Gasteiger charge is 2.21. The molecule has 0 aliphatic heterocycles. The van der Waals surface area contributed by atoms with Crippen LogP contribution in [0.25, 0.3) is 0 Å². The SMILES string of the molecule is COc1ccccc1CN(C)C(=O)CC(c1ccccc1)c1ccccc1. The predicted molar refractivity (Wildman–Crippen MR) is 109 cm³/mol. The van der Waals surface area contributed by atoms with Crippen molar-refractivity contribution in [2.24, 2.45) is 0 Å². The normalized spacial score (nSPS) is 10.6. The van der Waals surface area contributed by atoms with Crippen LogP contribution in [0.5, 0.6) is 5.75 Å². The Balaban J connectivity index is 1.78. The zero-order chi connectivity index (χ0) is 19.1. The van der Waals surface area contributed by atoms with Gasteiger partial charge < -0.3 is 9.64 Å². The number of para-hydroxylation sites is 1. The fraction of sp³-hybridized carbons (Fsp3) is 0.208. The van der Waals surface area contributed by atoms with Crippen molar-refractivity contribution in [2.45, 2.75) is 18.9 Å². The molecule has 0 saturated heterocycles. The summed E-state index contributed by atoms with van der Waals surface area (Å²) in [5, 5.41) is 0. The molecule has 3 heteroatoms. The molecule has 3 rings (SSSR count). The summed E-state index contributed by atoms with van der Waals surface area (Å²) in [7, 11) is 3.50. The highest BCUT2D eigenvalue weighted by Crippen LogP contribution is 2.29. The molecule has 138 valence electrons. The fourth-order valence-corrected chi connectivity index (χ4v) is 3.31. The first-order valence-corrected chi connectivity index (χ1v) is 9.14. The molecule has 0 heterocycles. The average Bonchev–Trinajstić information content (AvgIpc) is 2.73. The van der Waals surface area contributed by atoms with Crippen molar-refractivity contribution in [3.05, 3.63) is 102 Å². The third-order valence-corrected chi connectivity index (χ3v) is 4.81. The largest absolute Gasteiger partial charge is 0.496 e. The number of hydrogen-bond donors (Lipinski definition) is 0. The zero-order valence-electron chi connectivity index (χ0n) is 15.8. The number of benzene rings is 3.